The van der Waals surface area contributed by atoms with E-state index in [-0.39, 0.29) is 6.54 Å². The van der Waals surface area contributed by atoms with E-state index in [1.165, 1.54) is 4.90 Å². The zero-order valence-electron chi connectivity index (χ0n) is 9.24. The van der Waals surface area contributed by atoms with Crippen molar-refractivity contribution in [2.24, 2.45) is 5.73 Å². The summed E-state index contributed by atoms with van der Waals surface area (Å²) in [4.78, 5) is 12.3. The highest BCUT2D eigenvalue weighted by Crippen LogP contribution is 2.37. The van der Waals surface area contributed by atoms with Crippen molar-refractivity contribution in [1.82, 2.24) is 4.90 Å². The summed E-state index contributed by atoms with van der Waals surface area (Å²) in [7, 11) is 0. The van der Waals surface area contributed by atoms with Crippen molar-refractivity contribution in [2.45, 2.75) is 19.0 Å². The Kier molecular flexibility index (Phi) is 2.58. The van der Waals surface area contributed by atoms with Crippen LogP contribution in [-0.2, 0) is 5.67 Å². The van der Waals surface area contributed by atoms with E-state index in [1.807, 2.05) is 25.1 Å². The first-order chi connectivity index (χ1) is 7.53. The van der Waals surface area contributed by atoms with Crippen molar-refractivity contribution in [3.8, 4) is 0 Å². The Balaban J connectivity index is 2.28. The molecule has 0 radical (unpaired) electrons. The molecule has 0 bridgehead atoms. The third kappa shape index (κ3) is 1.75. The van der Waals surface area contributed by atoms with E-state index in [0.717, 1.165) is 5.56 Å². The highest BCUT2D eigenvalue weighted by Gasteiger charge is 2.41. The van der Waals surface area contributed by atoms with Gasteiger partial charge in [-0.25, -0.2) is 9.18 Å². The molecule has 0 spiro atoms. The number of carbonyl (C=O) groups is 1. The summed E-state index contributed by atoms with van der Waals surface area (Å²) in [5.74, 6) is 0. The van der Waals surface area contributed by atoms with Crippen molar-refractivity contribution >= 4 is 6.03 Å². The molecule has 1 heterocycles. The van der Waals surface area contributed by atoms with Gasteiger partial charge in [0.1, 0.15) is 0 Å². The van der Waals surface area contributed by atoms with Crippen LogP contribution in [0.5, 0.6) is 0 Å². The minimum atomic E-state index is -1.44. The number of halogens is 1. The predicted molar refractivity (Wildman–Crippen MR) is 59.7 cm³/mol. The van der Waals surface area contributed by atoms with E-state index in [2.05, 4.69) is 0 Å². The van der Waals surface area contributed by atoms with Crippen LogP contribution >= 0.6 is 0 Å². The topological polar surface area (TPSA) is 46.3 Å². The molecule has 1 aliphatic rings. The molecule has 2 amide bonds. The second-order valence-electron chi connectivity index (χ2n) is 4.29. The number of urea groups is 1. The average Bonchev–Trinajstić information content (AvgIpc) is 2.63. The third-order valence-corrected chi connectivity index (χ3v) is 3.16. The largest absolute Gasteiger partial charge is 0.351 e. The van der Waals surface area contributed by atoms with Gasteiger partial charge in [0.15, 0.2) is 5.67 Å². The van der Waals surface area contributed by atoms with Crippen LogP contribution in [0.2, 0.25) is 0 Å². The number of alkyl halides is 1. The van der Waals surface area contributed by atoms with Crippen molar-refractivity contribution in [2.75, 3.05) is 13.1 Å². The molecular weight excluding hydrogens is 207 g/mol. The van der Waals surface area contributed by atoms with Gasteiger partial charge in [0, 0.05) is 13.0 Å². The van der Waals surface area contributed by atoms with E-state index in [0.29, 0.717) is 18.5 Å². The van der Waals surface area contributed by atoms with Crippen molar-refractivity contribution in [3.63, 3.8) is 0 Å². The molecule has 0 aliphatic carbocycles. The second kappa shape index (κ2) is 3.77. The van der Waals surface area contributed by atoms with Crippen molar-refractivity contribution in [1.29, 1.82) is 0 Å². The molecule has 86 valence electrons. The smallest absolute Gasteiger partial charge is 0.314 e. The Labute approximate surface area is 94.0 Å². The number of aryl methyl sites for hydroxylation is 1. The molecule has 1 aromatic carbocycles. The number of hydrogen-bond acceptors (Lipinski definition) is 1. The maximum Gasteiger partial charge on any atom is 0.314 e. The quantitative estimate of drug-likeness (QED) is 0.775. The molecule has 1 saturated heterocycles. The fraction of sp³-hybridized carbons (Fsp3) is 0.417. The van der Waals surface area contributed by atoms with Crippen LogP contribution in [0.3, 0.4) is 0 Å². The average molecular weight is 222 g/mol. The number of nitrogens with two attached hydrogens (primary N) is 1. The maximum atomic E-state index is 14.7. The van der Waals surface area contributed by atoms with Crippen LogP contribution in [0.25, 0.3) is 0 Å². The summed E-state index contributed by atoms with van der Waals surface area (Å²) in [5, 5.41) is 0. The number of likely N-dealkylation sites (tertiary alicyclic amines) is 1. The lowest BCUT2D eigenvalue weighted by molar-refractivity contribution is 0.167. The summed E-state index contributed by atoms with van der Waals surface area (Å²) in [6, 6.07) is 6.80. The molecule has 1 aliphatic heterocycles. The number of hydrogen-bond donors (Lipinski definition) is 1. The molecule has 2 rings (SSSR count). The molecule has 1 fully saturated rings. The SMILES string of the molecule is Cc1ccccc1C1(F)CCN(C(N)=O)C1. The molecule has 1 aromatic rings. The molecule has 2 N–H and O–H groups in total. The number of rotatable bonds is 1. The first-order valence-electron chi connectivity index (χ1n) is 5.32. The van der Waals surface area contributed by atoms with Crippen LogP contribution in [0.1, 0.15) is 17.5 Å². The minimum absolute atomic E-state index is 0.0627. The molecule has 16 heavy (non-hydrogen) atoms. The lowest BCUT2D eigenvalue weighted by Gasteiger charge is -2.22. The lowest BCUT2D eigenvalue weighted by Crippen LogP contribution is -2.36. The maximum absolute atomic E-state index is 14.7. The zero-order valence-corrected chi connectivity index (χ0v) is 9.24. The van der Waals surface area contributed by atoms with Crippen LogP contribution in [-0.4, -0.2) is 24.0 Å². The highest BCUT2D eigenvalue weighted by atomic mass is 19.1. The molecule has 0 saturated carbocycles. The minimum Gasteiger partial charge on any atom is -0.351 e. The third-order valence-electron chi connectivity index (χ3n) is 3.16. The summed E-state index contributed by atoms with van der Waals surface area (Å²) in [6.45, 7) is 2.33. The summed E-state index contributed by atoms with van der Waals surface area (Å²) in [5.41, 5.74) is 5.29. The zero-order chi connectivity index (χ0) is 11.8. The molecule has 4 heteroatoms. The van der Waals surface area contributed by atoms with Gasteiger partial charge in [0.05, 0.1) is 6.54 Å². The van der Waals surface area contributed by atoms with Crippen LogP contribution in [0.4, 0.5) is 9.18 Å². The summed E-state index contributed by atoms with van der Waals surface area (Å²) in [6.07, 6.45) is 0.320. The van der Waals surface area contributed by atoms with Gasteiger partial charge in [-0.3, -0.25) is 0 Å². The van der Waals surface area contributed by atoms with Crippen LogP contribution in [0.15, 0.2) is 24.3 Å². The monoisotopic (exact) mass is 222 g/mol. The van der Waals surface area contributed by atoms with Gasteiger partial charge in [-0.15, -0.1) is 0 Å². The number of benzene rings is 1. The van der Waals surface area contributed by atoms with E-state index in [9.17, 15) is 9.18 Å². The van der Waals surface area contributed by atoms with Crippen molar-refractivity contribution in [3.05, 3.63) is 35.4 Å². The normalized spacial score (nSPS) is 24.8. The fourth-order valence-electron chi connectivity index (χ4n) is 2.26. The molecule has 1 unspecified atom stereocenters. The van der Waals surface area contributed by atoms with Gasteiger partial charge in [-0.2, -0.15) is 0 Å². The Morgan fingerprint density at radius 3 is 2.75 bits per heavy atom. The predicted octanol–water partition coefficient (Wildman–Crippen LogP) is 1.94. The van der Waals surface area contributed by atoms with E-state index in [1.54, 1.807) is 6.07 Å². The van der Waals surface area contributed by atoms with E-state index in [4.69, 9.17) is 5.73 Å². The molecular formula is C12H15FN2O. The van der Waals surface area contributed by atoms with Crippen molar-refractivity contribution < 1.29 is 9.18 Å². The lowest BCUT2D eigenvalue weighted by atomic mass is 9.91. The molecule has 1 atom stereocenters. The van der Waals surface area contributed by atoms with Gasteiger partial charge in [-0.05, 0) is 18.1 Å². The van der Waals surface area contributed by atoms with Gasteiger partial charge in [0.2, 0.25) is 0 Å². The van der Waals surface area contributed by atoms with Crippen LogP contribution < -0.4 is 5.73 Å². The van der Waals surface area contributed by atoms with Gasteiger partial charge < -0.3 is 10.6 Å². The number of amides is 2. The highest BCUT2D eigenvalue weighted by molar-refractivity contribution is 5.72. The first kappa shape index (κ1) is 10.9. The standard InChI is InChI=1S/C12H15FN2O/c1-9-4-2-3-5-10(9)12(13)6-7-15(8-12)11(14)16/h2-5H,6-8H2,1H3,(H2,14,16). The van der Waals surface area contributed by atoms with Gasteiger partial charge >= 0.3 is 6.03 Å². The summed E-state index contributed by atoms with van der Waals surface area (Å²) < 4.78 is 14.7. The van der Waals surface area contributed by atoms with Crippen LogP contribution in [0, 0.1) is 6.92 Å². The van der Waals surface area contributed by atoms with Gasteiger partial charge in [0.25, 0.3) is 0 Å². The van der Waals surface area contributed by atoms with Gasteiger partial charge in [-0.1, -0.05) is 24.3 Å². The second-order valence-corrected chi connectivity index (χ2v) is 4.29. The Hall–Kier alpha value is -1.58. The molecule has 0 aromatic heterocycles. The van der Waals surface area contributed by atoms with E-state index < -0.39 is 11.7 Å². The molecule has 3 nitrogen and oxygen atoms in total. The number of nitrogens with zero attached hydrogens (tertiary/aromatic N) is 1. The Morgan fingerprint density at radius 1 is 1.50 bits per heavy atom. The number of carbonyl (C=O) groups excluding carboxylic acids is 1. The number of primary amides is 1. The fourth-order valence-corrected chi connectivity index (χ4v) is 2.26. The first-order valence-corrected chi connectivity index (χ1v) is 5.32. The Morgan fingerprint density at radius 2 is 2.19 bits per heavy atom. The summed E-state index contributed by atoms with van der Waals surface area (Å²) >= 11 is 0. The Bertz CT molecular complexity index is 421. The van der Waals surface area contributed by atoms with E-state index >= 15 is 0 Å².